The molecule has 0 aliphatic rings. The van der Waals surface area contributed by atoms with Crippen LogP contribution in [0.3, 0.4) is 0 Å². The Balaban J connectivity index is 0.00000289. The lowest BCUT2D eigenvalue weighted by atomic mass is 9.90. The number of hydrogen-bond acceptors (Lipinski definition) is 4. The van der Waals surface area contributed by atoms with Gasteiger partial charge >= 0.3 is 0 Å². The first-order chi connectivity index (χ1) is 15.0. The van der Waals surface area contributed by atoms with E-state index < -0.39 is 5.92 Å². The van der Waals surface area contributed by atoms with E-state index in [2.05, 4.69) is 4.98 Å². The minimum atomic E-state index is -0.451. The van der Waals surface area contributed by atoms with E-state index in [1.54, 1.807) is 11.0 Å². The maximum absolute atomic E-state index is 14.0. The molecule has 0 bridgehead atoms. The van der Waals surface area contributed by atoms with Crippen LogP contribution in [0.1, 0.15) is 17.0 Å². The summed E-state index contributed by atoms with van der Waals surface area (Å²) in [6.07, 6.45) is 0. The van der Waals surface area contributed by atoms with Gasteiger partial charge in [-0.3, -0.25) is 9.69 Å². The quantitative estimate of drug-likeness (QED) is 0.354. The summed E-state index contributed by atoms with van der Waals surface area (Å²) in [4.78, 5) is 22.4. The highest BCUT2D eigenvalue weighted by molar-refractivity contribution is 7.22. The Morgan fingerprint density at radius 3 is 2.09 bits per heavy atom. The topological polar surface area (TPSA) is 36.4 Å². The third-order valence-corrected chi connectivity index (χ3v) is 6.16. The average Bonchev–Trinajstić information content (AvgIpc) is 3.18. The van der Waals surface area contributed by atoms with Crippen molar-refractivity contribution in [3.05, 3.63) is 95.8 Å². The molecule has 1 heterocycles. The number of amides is 1. The highest BCUT2D eigenvalue weighted by Gasteiger charge is 2.30. The van der Waals surface area contributed by atoms with E-state index in [9.17, 15) is 9.18 Å². The number of fused-ring (bicyclic) bond motifs is 1. The number of thiazole rings is 1. The van der Waals surface area contributed by atoms with Gasteiger partial charge in [-0.25, -0.2) is 9.37 Å². The van der Waals surface area contributed by atoms with Crippen LogP contribution in [0.2, 0.25) is 0 Å². The van der Waals surface area contributed by atoms with Crippen molar-refractivity contribution in [3.63, 3.8) is 0 Å². The summed E-state index contributed by atoms with van der Waals surface area (Å²) in [5.41, 5.74) is 2.56. The van der Waals surface area contributed by atoms with Gasteiger partial charge in [0.1, 0.15) is 5.82 Å². The molecule has 0 spiro atoms. The van der Waals surface area contributed by atoms with Crippen molar-refractivity contribution in [2.24, 2.45) is 0 Å². The van der Waals surface area contributed by atoms with Gasteiger partial charge in [0.05, 0.1) is 16.1 Å². The molecular formula is C25H25ClFN3OS. The van der Waals surface area contributed by atoms with Crippen LogP contribution in [-0.2, 0) is 4.79 Å². The largest absolute Gasteiger partial charge is 0.308 e. The van der Waals surface area contributed by atoms with Gasteiger partial charge in [-0.15, -0.1) is 12.4 Å². The SMILES string of the molecule is CN(C)CCN(C(=O)C(c1ccccc1)c1ccccc1)c1nc2ccc(F)cc2s1.Cl. The molecule has 32 heavy (non-hydrogen) atoms. The van der Waals surface area contributed by atoms with Crippen LogP contribution in [0.4, 0.5) is 9.52 Å². The highest BCUT2D eigenvalue weighted by Crippen LogP contribution is 2.33. The van der Waals surface area contributed by atoms with E-state index >= 15 is 0 Å². The lowest BCUT2D eigenvalue weighted by molar-refractivity contribution is -0.119. The smallest absolute Gasteiger partial charge is 0.240 e. The second kappa shape index (κ2) is 10.7. The standard InChI is InChI=1S/C25H24FN3OS.ClH/c1-28(2)15-16-29(25-27-21-14-13-20(26)17-22(21)31-25)24(30)23(18-9-5-3-6-10-18)19-11-7-4-8-12-19;/h3-14,17,23H,15-16H2,1-2H3;1H. The number of nitrogens with zero attached hydrogens (tertiary/aromatic N) is 3. The normalized spacial score (nSPS) is 11.0. The van der Waals surface area contributed by atoms with Crippen LogP contribution in [0, 0.1) is 5.82 Å². The molecule has 0 unspecified atom stereocenters. The van der Waals surface area contributed by atoms with Crippen molar-refractivity contribution in [2.45, 2.75) is 5.92 Å². The molecule has 0 atom stereocenters. The molecule has 0 saturated carbocycles. The molecule has 0 radical (unpaired) electrons. The van der Waals surface area contributed by atoms with Crippen LogP contribution in [0.25, 0.3) is 10.2 Å². The van der Waals surface area contributed by atoms with Crippen molar-refractivity contribution in [1.82, 2.24) is 9.88 Å². The molecule has 0 aliphatic carbocycles. The van der Waals surface area contributed by atoms with Crippen molar-refractivity contribution >= 4 is 45.0 Å². The first kappa shape index (κ1) is 23.9. The van der Waals surface area contributed by atoms with Crippen LogP contribution < -0.4 is 4.90 Å². The Bertz CT molecular complexity index is 1130. The Morgan fingerprint density at radius 2 is 1.53 bits per heavy atom. The second-order valence-corrected chi connectivity index (χ2v) is 8.67. The molecular weight excluding hydrogens is 445 g/mol. The molecule has 1 amide bonds. The number of halogens is 2. The van der Waals surface area contributed by atoms with Gasteiger partial charge in [0, 0.05) is 13.1 Å². The molecule has 0 saturated heterocycles. The average molecular weight is 470 g/mol. The zero-order valence-corrected chi connectivity index (χ0v) is 19.6. The summed E-state index contributed by atoms with van der Waals surface area (Å²) in [7, 11) is 3.95. The third kappa shape index (κ3) is 5.33. The fraction of sp³-hybridized carbons (Fsp3) is 0.200. The molecule has 3 aromatic carbocycles. The van der Waals surface area contributed by atoms with Gasteiger partial charge in [0.25, 0.3) is 0 Å². The van der Waals surface area contributed by atoms with Gasteiger partial charge in [0.2, 0.25) is 5.91 Å². The van der Waals surface area contributed by atoms with Crippen LogP contribution in [0.5, 0.6) is 0 Å². The Morgan fingerprint density at radius 1 is 0.938 bits per heavy atom. The Labute approximate surface area is 197 Å². The number of benzene rings is 3. The molecule has 0 aliphatic heterocycles. The summed E-state index contributed by atoms with van der Waals surface area (Å²) < 4.78 is 14.5. The Hall–Kier alpha value is -2.80. The minimum absolute atomic E-state index is 0. The third-order valence-electron chi connectivity index (χ3n) is 5.12. The van der Waals surface area contributed by atoms with Crippen LogP contribution in [0.15, 0.2) is 78.9 Å². The highest BCUT2D eigenvalue weighted by atomic mass is 35.5. The first-order valence-electron chi connectivity index (χ1n) is 10.1. The summed E-state index contributed by atoms with van der Waals surface area (Å²) in [5.74, 6) is -0.799. The zero-order chi connectivity index (χ0) is 21.8. The van der Waals surface area contributed by atoms with Crippen molar-refractivity contribution in [1.29, 1.82) is 0 Å². The fourth-order valence-corrected chi connectivity index (χ4v) is 4.55. The molecule has 0 fully saturated rings. The fourth-order valence-electron chi connectivity index (χ4n) is 3.53. The lowest BCUT2D eigenvalue weighted by Crippen LogP contribution is -2.40. The zero-order valence-electron chi connectivity index (χ0n) is 17.9. The van der Waals surface area contributed by atoms with Gasteiger partial charge in [-0.1, -0.05) is 72.0 Å². The molecule has 4 aromatic rings. The maximum Gasteiger partial charge on any atom is 0.240 e. The van der Waals surface area contributed by atoms with Crippen molar-refractivity contribution < 1.29 is 9.18 Å². The number of carbonyl (C=O) groups excluding carboxylic acids is 1. The Kier molecular flexibility index (Phi) is 7.96. The monoisotopic (exact) mass is 469 g/mol. The first-order valence-corrected chi connectivity index (χ1v) is 11.0. The predicted octanol–water partition coefficient (Wildman–Crippen LogP) is 5.58. The molecule has 166 valence electrons. The van der Waals surface area contributed by atoms with Crippen molar-refractivity contribution in [3.8, 4) is 0 Å². The number of rotatable bonds is 7. The van der Waals surface area contributed by atoms with E-state index in [-0.39, 0.29) is 24.1 Å². The molecule has 4 rings (SSSR count). The molecule has 0 N–H and O–H groups in total. The van der Waals surface area contributed by atoms with Crippen molar-refractivity contribution in [2.75, 3.05) is 32.1 Å². The summed E-state index contributed by atoms with van der Waals surface area (Å²) in [5, 5.41) is 0.587. The minimum Gasteiger partial charge on any atom is -0.308 e. The van der Waals surface area contributed by atoms with Gasteiger partial charge in [-0.05, 0) is 43.4 Å². The molecule has 4 nitrogen and oxygen atoms in total. The summed E-state index contributed by atoms with van der Waals surface area (Å²) in [6, 6.07) is 24.1. The van der Waals surface area contributed by atoms with Gasteiger partial charge in [-0.2, -0.15) is 0 Å². The van der Waals surface area contributed by atoms with Crippen LogP contribution >= 0.6 is 23.7 Å². The van der Waals surface area contributed by atoms with Gasteiger partial charge < -0.3 is 4.90 Å². The van der Waals surface area contributed by atoms with E-state index in [4.69, 9.17) is 0 Å². The summed E-state index contributed by atoms with van der Waals surface area (Å²) >= 11 is 1.34. The van der Waals surface area contributed by atoms with E-state index in [0.29, 0.717) is 23.7 Å². The van der Waals surface area contributed by atoms with Gasteiger partial charge in [0.15, 0.2) is 5.13 Å². The van der Waals surface area contributed by atoms with E-state index in [0.717, 1.165) is 15.8 Å². The van der Waals surface area contributed by atoms with Crippen LogP contribution in [-0.4, -0.2) is 43.0 Å². The number of hydrogen-bond donors (Lipinski definition) is 0. The number of aromatic nitrogens is 1. The maximum atomic E-state index is 14.0. The van der Waals surface area contributed by atoms with E-state index in [1.165, 1.54) is 23.5 Å². The number of likely N-dealkylation sites (N-methyl/N-ethyl adjacent to an activating group) is 1. The number of anilines is 1. The summed E-state index contributed by atoms with van der Waals surface area (Å²) in [6.45, 7) is 1.18. The second-order valence-electron chi connectivity index (χ2n) is 7.66. The predicted molar refractivity (Wildman–Crippen MR) is 132 cm³/mol. The lowest BCUT2D eigenvalue weighted by Gasteiger charge is -2.27. The number of carbonyl (C=O) groups is 1. The van der Waals surface area contributed by atoms with E-state index in [1.807, 2.05) is 79.7 Å². The molecule has 1 aromatic heterocycles. The molecule has 7 heteroatoms.